The average Bonchev–Trinajstić information content (AvgIpc) is 2.61. The highest BCUT2D eigenvalue weighted by Gasteiger charge is 2.11. The third-order valence-electron chi connectivity index (χ3n) is 2.94. The molecule has 1 N–H and O–H groups in total. The molecule has 2 heterocycles. The number of halogens is 1. The first kappa shape index (κ1) is 14.5. The van der Waals surface area contributed by atoms with Gasteiger partial charge in [-0.3, -0.25) is 4.68 Å². The lowest BCUT2D eigenvalue weighted by atomic mass is 10.2. The lowest BCUT2D eigenvalue weighted by molar-refractivity contribution is 0.312. The van der Waals surface area contributed by atoms with E-state index in [1.54, 1.807) is 0 Å². The molecule has 0 bridgehead atoms. The molecule has 108 valence electrons. The van der Waals surface area contributed by atoms with E-state index in [0.717, 1.165) is 17.0 Å². The van der Waals surface area contributed by atoms with Crippen LogP contribution in [0.2, 0.25) is 5.28 Å². The molecule has 0 aliphatic rings. The largest absolute Gasteiger partial charge is 0.464 e. The maximum Gasteiger partial charge on any atom is 0.322 e. The molecule has 0 aliphatic heterocycles. The van der Waals surface area contributed by atoms with Crippen LogP contribution in [0.3, 0.4) is 0 Å². The van der Waals surface area contributed by atoms with Crippen LogP contribution >= 0.6 is 11.6 Å². The third kappa shape index (κ3) is 3.16. The Morgan fingerprint density at radius 1 is 1.25 bits per heavy atom. The van der Waals surface area contributed by atoms with Crippen molar-refractivity contribution in [3.05, 3.63) is 22.2 Å². The standard InChI is InChI=1S/C12H17ClN6O/c1-5-20-12-16-10(13)15-11(17-12)14-6-9-7(2)18-19(4)8(9)3/h5-6H2,1-4H3,(H,14,15,16,17). The van der Waals surface area contributed by atoms with Gasteiger partial charge in [0.05, 0.1) is 12.3 Å². The second-order valence-corrected chi connectivity index (χ2v) is 4.61. The van der Waals surface area contributed by atoms with Crippen LogP contribution in [0.1, 0.15) is 23.9 Å². The number of nitrogens with one attached hydrogen (secondary N) is 1. The zero-order chi connectivity index (χ0) is 14.7. The number of ether oxygens (including phenoxy) is 1. The minimum absolute atomic E-state index is 0.102. The van der Waals surface area contributed by atoms with Crippen molar-refractivity contribution in [1.82, 2.24) is 24.7 Å². The van der Waals surface area contributed by atoms with E-state index in [0.29, 0.717) is 19.1 Å². The lowest BCUT2D eigenvalue weighted by Gasteiger charge is -2.07. The zero-order valence-electron chi connectivity index (χ0n) is 11.9. The van der Waals surface area contributed by atoms with E-state index in [-0.39, 0.29) is 11.3 Å². The van der Waals surface area contributed by atoms with Crippen LogP contribution in [0.15, 0.2) is 0 Å². The molecule has 20 heavy (non-hydrogen) atoms. The summed E-state index contributed by atoms with van der Waals surface area (Å²) in [6.07, 6.45) is 0. The Hall–Kier alpha value is -1.89. The molecule has 7 nitrogen and oxygen atoms in total. The number of rotatable bonds is 5. The number of nitrogens with zero attached hydrogens (tertiary/aromatic N) is 5. The van der Waals surface area contributed by atoms with Gasteiger partial charge in [-0.15, -0.1) is 0 Å². The molecular weight excluding hydrogens is 280 g/mol. The first-order valence-electron chi connectivity index (χ1n) is 6.28. The molecule has 0 amide bonds. The quantitative estimate of drug-likeness (QED) is 0.908. The summed E-state index contributed by atoms with van der Waals surface area (Å²) in [5.74, 6) is 0.385. The van der Waals surface area contributed by atoms with E-state index in [4.69, 9.17) is 16.3 Å². The molecular formula is C12H17ClN6O. The smallest absolute Gasteiger partial charge is 0.322 e. The minimum atomic E-state index is 0.102. The third-order valence-corrected chi connectivity index (χ3v) is 3.11. The van der Waals surface area contributed by atoms with Gasteiger partial charge in [-0.05, 0) is 32.4 Å². The van der Waals surface area contributed by atoms with E-state index in [1.807, 2.05) is 32.5 Å². The van der Waals surface area contributed by atoms with Crippen molar-refractivity contribution in [3.8, 4) is 6.01 Å². The zero-order valence-corrected chi connectivity index (χ0v) is 12.7. The van der Waals surface area contributed by atoms with Crippen LogP contribution in [0.4, 0.5) is 5.95 Å². The summed E-state index contributed by atoms with van der Waals surface area (Å²) in [5, 5.41) is 7.58. The lowest BCUT2D eigenvalue weighted by Crippen LogP contribution is -2.08. The molecule has 0 aliphatic carbocycles. The molecule has 0 spiro atoms. The number of hydrogen-bond acceptors (Lipinski definition) is 6. The van der Waals surface area contributed by atoms with E-state index in [9.17, 15) is 0 Å². The summed E-state index contributed by atoms with van der Waals surface area (Å²) in [7, 11) is 1.92. The van der Waals surface area contributed by atoms with Crippen LogP contribution in [-0.2, 0) is 13.6 Å². The second-order valence-electron chi connectivity index (χ2n) is 4.27. The van der Waals surface area contributed by atoms with Gasteiger partial charge in [0.15, 0.2) is 0 Å². The van der Waals surface area contributed by atoms with Gasteiger partial charge in [-0.2, -0.15) is 20.1 Å². The normalized spacial score (nSPS) is 10.7. The molecule has 0 fully saturated rings. The maximum atomic E-state index is 5.84. The van der Waals surface area contributed by atoms with E-state index < -0.39 is 0 Å². The first-order valence-corrected chi connectivity index (χ1v) is 6.66. The van der Waals surface area contributed by atoms with Gasteiger partial charge in [-0.1, -0.05) is 0 Å². The topological polar surface area (TPSA) is 77.8 Å². The number of aromatic nitrogens is 5. The van der Waals surface area contributed by atoms with E-state index in [1.165, 1.54) is 0 Å². The monoisotopic (exact) mass is 296 g/mol. The fourth-order valence-corrected chi connectivity index (χ4v) is 2.00. The number of hydrogen-bond donors (Lipinski definition) is 1. The Morgan fingerprint density at radius 3 is 2.60 bits per heavy atom. The number of anilines is 1. The summed E-state index contributed by atoms with van der Waals surface area (Å²) in [5.41, 5.74) is 3.19. The van der Waals surface area contributed by atoms with Crippen LogP contribution in [-0.4, -0.2) is 31.3 Å². The molecule has 8 heteroatoms. The van der Waals surface area contributed by atoms with Crippen molar-refractivity contribution in [1.29, 1.82) is 0 Å². The summed E-state index contributed by atoms with van der Waals surface area (Å²) in [6.45, 7) is 6.88. The Labute approximate surface area is 122 Å². The molecule has 0 saturated carbocycles. The first-order chi connectivity index (χ1) is 9.51. The van der Waals surface area contributed by atoms with Gasteiger partial charge in [0.2, 0.25) is 11.2 Å². The number of aryl methyl sites for hydroxylation is 2. The Kier molecular flexibility index (Phi) is 4.39. The van der Waals surface area contributed by atoms with Crippen molar-refractivity contribution in [2.45, 2.75) is 27.3 Å². The Morgan fingerprint density at radius 2 is 2.00 bits per heavy atom. The predicted molar refractivity (Wildman–Crippen MR) is 76.0 cm³/mol. The fraction of sp³-hybridized carbons (Fsp3) is 0.500. The van der Waals surface area contributed by atoms with Gasteiger partial charge in [0.1, 0.15) is 0 Å². The van der Waals surface area contributed by atoms with Crippen LogP contribution in [0.25, 0.3) is 0 Å². The van der Waals surface area contributed by atoms with Gasteiger partial charge in [0.25, 0.3) is 0 Å². The summed E-state index contributed by atoms with van der Waals surface area (Å²) in [6, 6.07) is 0.217. The summed E-state index contributed by atoms with van der Waals surface area (Å²) >= 11 is 5.84. The molecule has 0 saturated heterocycles. The minimum Gasteiger partial charge on any atom is -0.464 e. The summed E-state index contributed by atoms with van der Waals surface area (Å²) < 4.78 is 7.07. The molecule has 2 aromatic rings. The highest BCUT2D eigenvalue weighted by atomic mass is 35.5. The van der Waals surface area contributed by atoms with Crippen molar-refractivity contribution in [3.63, 3.8) is 0 Å². The van der Waals surface area contributed by atoms with Crippen molar-refractivity contribution < 1.29 is 4.74 Å². The molecule has 0 radical (unpaired) electrons. The molecule has 0 atom stereocenters. The van der Waals surface area contributed by atoms with Crippen molar-refractivity contribution >= 4 is 17.5 Å². The van der Waals surface area contributed by atoms with Gasteiger partial charge < -0.3 is 10.1 Å². The van der Waals surface area contributed by atoms with Crippen molar-refractivity contribution in [2.24, 2.45) is 7.05 Å². The van der Waals surface area contributed by atoms with Gasteiger partial charge in [0, 0.05) is 24.8 Å². The second kappa shape index (κ2) is 6.04. The molecule has 0 unspecified atom stereocenters. The Balaban J connectivity index is 2.14. The predicted octanol–water partition coefficient (Wildman–Crippen LogP) is 1.89. The highest BCUT2D eigenvalue weighted by Crippen LogP contribution is 2.15. The van der Waals surface area contributed by atoms with Crippen LogP contribution in [0, 0.1) is 13.8 Å². The summed E-state index contributed by atoms with van der Waals surface area (Å²) in [4.78, 5) is 12.0. The SMILES string of the molecule is CCOc1nc(Cl)nc(NCc2c(C)nn(C)c2C)n1. The van der Waals surface area contributed by atoms with Crippen molar-refractivity contribution in [2.75, 3.05) is 11.9 Å². The molecule has 2 rings (SSSR count). The Bertz CT molecular complexity index is 612. The van der Waals surface area contributed by atoms with E-state index >= 15 is 0 Å². The average molecular weight is 297 g/mol. The van der Waals surface area contributed by atoms with Gasteiger partial charge in [-0.25, -0.2) is 0 Å². The highest BCUT2D eigenvalue weighted by molar-refractivity contribution is 6.28. The van der Waals surface area contributed by atoms with Crippen LogP contribution in [0.5, 0.6) is 6.01 Å². The van der Waals surface area contributed by atoms with Crippen LogP contribution < -0.4 is 10.1 Å². The van der Waals surface area contributed by atoms with Gasteiger partial charge >= 0.3 is 6.01 Å². The maximum absolute atomic E-state index is 5.84. The molecule has 0 aromatic carbocycles. The van der Waals surface area contributed by atoms with E-state index in [2.05, 4.69) is 25.4 Å². The molecule has 2 aromatic heterocycles. The fourth-order valence-electron chi connectivity index (χ4n) is 1.85.